The number of carbonyl (C=O) groups excluding carboxylic acids is 2. The number of nitrogens with zero attached hydrogens (tertiary/aromatic N) is 2. The quantitative estimate of drug-likeness (QED) is 0.771. The molecule has 0 aliphatic carbocycles. The van der Waals surface area contributed by atoms with Gasteiger partial charge in [0.15, 0.2) is 0 Å². The lowest BCUT2D eigenvalue weighted by molar-refractivity contribution is -0.138. The monoisotopic (exact) mass is 358 g/mol. The summed E-state index contributed by atoms with van der Waals surface area (Å²) in [5.41, 5.74) is 1.66. The number of amides is 2. The molecule has 0 spiro atoms. The smallest absolute Gasteiger partial charge is 0.411 e. The molecule has 1 atom stereocenters. The van der Waals surface area contributed by atoms with Crippen LogP contribution in [0.2, 0.25) is 0 Å². The van der Waals surface area contributed by atoms with Crippen molar-refractivity contribution in [2.75, 3.05) is 13.1 Å². The number of likely N-dealkylation sites (tertiary alicyclic amines) is 1. The predicted octanol–water partition coefficient (Wildman–Crippen LogP) is 3.61. The molecule has 0 N–H and O–H groups in total. The van der Waals surface area contributed by atoms with Crippen molar-refractivity contribution in [3.8, 4) is 0 Å². The third-order valence-corrected chi connectivity index (χ3v) is 5.26. The number of carbonyl (C=O) groups is 2. The summed E-state index contributed by atoms with van der Waals surface area (Å²) in [6, 6.07) is 7.57. The molecule has 26 heavy (non-hydrogen) atoms. The molecule has 1 aromatic rings. The molecule has 0 aromatic heterocycles. The van der Waals surface area contributed by atoms with Crippen molar-refractivity contribution in [2.45, 2.75) is 65.1 Å². The molecule has 1 aromatic carbocycles. The molecule has 2 heterocycles. The highest BCUT2D eigenvalue weighted by atomic mass is 16.6. The molecular formula is C21H30N2O3. The number of benzene rings is 1. The normalized spacial score (nSPS) is 21.3. The van der Waals surface area contributed by atoms with Crippen LogP contribution in [0.25, 0.3) is 0 Å². The summed E-state index contributed by atoms with van der Waals surface area (Å²) < 4.78 is 5.59. The lowest BCUT2D eigenvalue weighted by Crippen LogP contribution is -2.55. The standard InChI is InChI=1S/C21H30N2O3/c1-15-9-11-22(12-10-15)19(24)18-13-16-7-5-6-8-17(16)14-23(18)20(25)26-21(2,3)4/h5-8,15,18H,9-14H2,1-4H3/t18-/m0/s1. The van der Waals surface area contributed by atoms with Crippen molar-refractivity contribution in [3.63, 3.8) is 0 Å². The number of fused-ring (bicyclic) bond motifs is 1. The molecule has 0 saturated carbocycles. The Kier molecular flexibility index (Phi) is 5.26. The van der Waals surface area contributed by atoms with Crippen molar-refractivity contribution < 1.29 is 14.3 Å². The maximum Gasteiger partial charge on any atom is 0.411 e. The lowest BCUT2D eigenvalue weighted by atomic mass is 9.92. The number of hydrogen-bond donors (Lipinski definition) is 0. The first-order valence-corrected chi connectivity index (χ1v) is 9.60. The first kappa shape index (κ1) is 18.7. The number of rotatable bonds is 1. The minimum atomic E-state index is -0.581. The fraction of sp³-hybridized carbons (Fsp3) is 0.619. The highest BCUT2D eigenvalue weighted by molar-refractivity contribution is 5.86. The maximum absolute atomic E-state index is 13.2. The van der Waals surface area contributed by atoms with Gasteiger partial charge in [-0.05, 0) is 50.7 Å². The second-order valence-corrected chi connectivity index (χ2v) is 8.60. The van der Waals surface area contributed by atoms with Gasteiger partial charge in [-0.2, -0.15) is 0 Å². The van der Waals surface area contributed by atoms with E-state index in [2.05, 4.69) is 13.0 Å². The number of ether oxygens (including phenoxy) is 1. The first-order chi connectivity index (χ1) is 12.2. The molecule has 0 radical (unpaired) electrons. The van der Waals surface area contributed by atoms with Gasteiger partial charge in [-0.15, -0.1) is 0 Å². The SMILES string of the molecule is CC1CCN(C(=O)[C@@H]2Cc3ccccc3CN2C(=O)OC(C)(C)C)CC1. The summed E-state index contributed by atoms with van der Waals surface area (Å²) in [6.07, 6.45) is 2.21. The van der Waals surface area contributed by atoms with Crippen molar-refractivity contribution in [3.05, 3.63) is 35.4 Å². The van der Waals surface area contributed by atoms with Crippen LogP contribution in [0.1, 0.15) is 51.7 Å². The lowest BCUT2D eigenvalue weighted by Gasteiger charge is -2.40. The summed E-state index contributed by atoms with van der Waals surface area (Å²) in [4.78, 5) is 29.6. The van der Waals surface area contributed by atoms with E-state index in [1.54, 1.807) is 4.90 Å². The first-order valence-electron chi connectivity index (χ1n) is 9.60. The van der Waals surface area contributed by atoms with E-state index in [-0.39, 0.29) is 5.91 Å². The highest BCUT2D eigenvalue weighted by Crippen LogP contribution is 2.27. The van der Waals surface area contributed by atoms with Crippen LogP contribution in [0.4, 0.5) is 4.79 Å². The average molecular weight is 358 g/mol. The Labute approximate surface area is 156 Å². The predicted molar refractivity (Wildman–Crippen MR) is 101 cm³/mol. The fourth-order valence-corrected chi connectivity index (χ4v) is 3.70. The largest absolute Gasteiger partial charge is 0.444 e. The Bertz CT molecular complexity index is 672. The third kappa shape index (κ3) is 4.19. The van der Waals surface area contributed by atoms with E-state index in [1.807, 2.05) is 43.9 Å². The Morgan fingerprint density at radius 2 is 1.69 bits per heavy atom. The van der Waals surface area contributed by atoms with Crippen molar-refractivity contribution in [1.29, 1.82) is 0 Å². The summed E-state index contributed by atoms with van der Waals surface area (Å²) in [5.74, 6) is 0.713. The Hall–Kier alpha value is -2.04. The van der Waals surface area contributed by atoms with Crippen LogP contribution in [0.3, 0.4) is 0 Å². The van der Waals surface area contributed by atoms with E-state index in [1.165, 1.54) is 0 Å². The van der Waals surface area contributed by atoms with Crippen LogP contribution in [-0.2, 0) is 22.5 Å². The van der Waals surface area contributed by atoms with E-state index in [0.29, 0.717) is 18.9 Å². The van der Waals surface area contributed by atoms with Gasteiger partial charge in [0, 0.05) is 19.5 Å². The molecule has 3 rings (SSSR count). The van der Waals surface area contributed by atoms with Crippen molar-refractivity contribution in [1.82, 2.24) is 9.80 Å². The van der Waals surface area contributed by atoms with E-state index in [9.17, 15) is 9.59 Å². The second kappa shape index (κ2) is 7.29. The van der Waals surface area contributed by atoms with Gasteiger partial charge in [-0.25, -0.2) is 4.79 Å². The Balaban J connectivity index is 1.83. The molecule has 142 valence electrons. The zero-order chi connectivity index (χ0) is 18.9. The maximum atomic E-state index is 13.2. The molecule has 0 bridgehead atoms. The molecular weight excluding hydrogens is 328 g/mol. The zero-order valence-electron chi connectivity index (χ0n) is 16.3. The Morgan fingerprint density at radius 1 is 1.08 bits per heavy atom. The van der Waals surface area contributed by atoms with E-state index in [0.717, 1.165) is 37.1 Å². The second-order valence-electron chi connectivity index (χ2n) is 8.60. The van der Waals surface area contributed by atoms with Crippen LogP contribution in [-0.4, -0.2) is 46.5 Å². The molecule has 1 saturated heterocycles. The van der Waals surface area contributed by atoms with Gasteiger partial charge in [0.25, 0.3) is 0 Å². The topological polar surface area (TPSA) is 49.9 Å². The van der Waals surface area contributed by atoms with Crippen molar-refractivity contribution in [2.24, 2.45) is 5.92 Å². The van der Waals surface area contributed by atoms with Gasteiger partial charge in [0.05, 0.1) is 6.54 Å². The van der Waals surface area contributed by atoms with Crippen molar-refractivity contribution >= 4 is 12.0 Å². The van der Waals surface area contributed by atoms with Crippen LogP contribution < -0.4 is 0 Å². The van der Waals surface area contributed by atoms with E-state index in [4.69, 9.17) is 4.74 Å². The van der Waals surface area contributed by atoms with Crippen LogP contribution in [0.5, 0.6) is 0 Å². The number of piperidine rings is 1. The van der Waals surface area contributed by atoms with E-state index >= 15 is 0 Å². The molecule has 2 amide bonds. The number of hydrogen-bond acceptors (Lipinski definition) is 3. The van der Waals surface area contributed by atoms with Gasteiger partial charge >= 0.3 is 6.09 Å². The van der Waals surface area contributed by atoms with Gasteiger partial charge < -0.3 is 9.64 Å². The summed E-state index contributed by atoms with van der Waals surface area (Å²) in [5, 5.41) is 0. The Morgan fingerprint density at radius 3 is 2.31 bits per heavy atom. The minimum Gasteiger partial charge on any atom is -0.444 e. The minimum absolute atomic E-state index is 0.0530. The molecule has 2 aliphatic rings. The van der Waals surface area contributed by atoms with Gasteiger partial charge in [-0.1, -0.05) is 31.2 Å². The van der Waals surface area contributed by atoms with Gasteiger partial charge in [0.1, 0.15) is 11.6 Å². The average Bonchev–Trinajstić information content (AvgIpc) is 2.59. The zero-order valence-corrected chi connectivity index (χ0v) is 16.3. The molecule has 0 unspecified atom stereocenters. The van der Waals surface area contributed by atoms with Crippen LogP contribution >= 0.6 is 0 Å². The molecule has 5 nitrogen and oxygen atoms in total. The fourth-order valence-electron chi connectivity index (χ4n) is 3.70. The van der Waals surface area contributed by atoms with E-state index < -0.39 is 17.7 Å². The third-order valence-electron chi connectivity index (χ3n) is 5.26. The van der Waals surface area contributed by atoms with Gasteiger partial charge in [-0.3, -0.25) is 9.69 Å². The summed E-state index contributed by atoms with van der Waals surface area (Å²) in [7, 11) is 0. The molecule has 5 heteroatoms. The highest BCUT2D eigenvalue weighted by Gasteiger charge is 2.39. The summed E-state index contributed by atoms with van der Waals surface area (Å²) in [6.45, 7) is 9.76. The van der Waals surface area contributed by atoms with Gasteiger partial charge in [0.2, 0.25) is 5.91 Å². The molecule has 1 fully saturated rings. The summed E-state index contributed by atoms with van der Waals surface area (Å²) >= 11 is 0. The van der Waals surface area contributed by atoms with Crippen LogP contribution in [0.15, 0.2) is 24.3 Å². The van der Waals surface area contributed by atoms with Crippen LogP contribution in [0, 0.1) is 5.92 Å². The molecule has 2 aliphatic heterocycles.